The Hall–Kier alpha value is -2.21. The number of nitrogens with zero attached hydrogens (tertiary/aromatic N) is 5. The van der Waals surface area contributed by atoms with Crippen molar-refractivity contribution < 1.29 is 4.52 Å². The molecule has 0 unspecified atom stereocenters. The molecule has 0 saturated carbocycles. The Balaban J connectivity index is 1.84. The van der Waals surface area contributed by atoms with Crippen LogP contribution in [0.5, 0.6) is 0 Å². The molecule has 6 nitrogen and oxygen atoms in total. The van der Waals surface area contributed by atoms with Crippen LogP contribution in [0.15, 0.2) is 41.2 Å². The lowest BCUT2D eigenvalue weighted by Gasteiger charge is -1.96. The van der Waals surface area contributed by atoms with Crippen molar-refractivity contribution >= 4 is 22.6 Å². The smallest absolute Gasteiger partial charge is 0.231 e. The maximum absolute atomic E-state index is 8.88. The average Bonchev–Trinajstić information content (AvgIpc) is 3.09. The van der Waals surface area contributed by atoms with Crippen LogP contribution in [-0.2, 0) is 6.54 Å². The van der Waals surface area contributed by atoms with Gasteiger partial charge in [0.05, 0.1) is 6.54 Å². The van der Waals surface area contributed by atoms with Crippen molar-refractivity contribution in [3.05, 3.63) is 51.7 Å². The summed E-state index contributed by atoms with van der Waals surface area (Å²) in [5.74, 6) is 0.943. The molecule has 7 heteroatoms. The Kier molecular flexibility index (Phi) is 3.47. The highest BCUT2D eigenvalue weighted by atomic mass is 127. The Morgan fingerprint density at radius 1 is 1.30 bits per heavy atom. The van der Waals surface area contributed by atoms with Crippen molar-refractivity contribution in [1.82, 2.24) is 19.9 Å². The molecule has 0 atom stereocenters. The van der Waals surface area contributed by atoms with E-state index in [2.05, 4.69) is 37.8 Å². The summed E-state index contributed by atoms with van der Waals surface area (Å²) in [5, 5.41) is 16.8. The standard InChI is InChI=1S/C13H8IN5O/c14-10-3-1-9(2-4-10)12-5-11(18-20-12)7-19-13(6-15)16-8-17-19/h1-5,8H,7H2. The molecule has 2 aromatic heterocycles. The Morgan fingerprint density at radius 3 is 2.85 bits per heavy atom. The van der Waals surface area contributed by atoms with Gasteiger partial charge in [0.25, 0.3) is 0 Å². The molecule has 2 heterocycles. The molecule has 3 rings (SSSR count). The van der Waals surface area contributed by atoms with E-state index >= 15 is 0 Å². The fourth-order valence-corrected chi connectivity index (χ4v) is 2.12. The Labute approximate surface area is 128 Å². The number of hydrogen-bond donors (Lipinski definition) is 0. The topological polar surface area (TPSA) is 80.5 Å². The van der Waals surface area contributed by atoms with Crippen LogP contribution in [0.2, 0.25) is 0 Å². The predicted molar refractivity (Wildman–Crippen MR) is 78.5 cm³/mol. The van der Waals surface area contributed by atoms with E-state index in [1.165, 1.54) is 11.0 Å². The van der Waals surface area contributed by atoms with Gasteiger partial charge in [0.2, 0.25) is 5.82 Å². The Bertz CT molecular complexity index is 769. The van der Waals surface area contributed by atoms with E-state index in [1.807, 2.05) is 36.4 Å². The van der Waals surface area contributed by atoms with Gasteiger partial charge in [-0.2, -0.15) is 10.4 Å². The monoisotopic (exact) mass is 377 g/mol. The second-order valence-electron chi connectivity index (χ2n) is 4.04. The fourth-order valence-electron chi connectivity index (χ4n) is 1.76. The van der Waals surface area contributed by atoms with Crippen molar-refractivity contribution in [3.8, 4) is 17.4 Å². The van der Waals surface area contributed by atoms with E-state index in [0.717, 1.165) is 9.13 Å². The van der Waals surface area contributed by atoms with Crippen LogP contribution in [-0.4, -0.2) is 19.9 Å². The molecule has 1 aromatic carbocycles. The van der Waals surface area contributed by atoms with Gasteiger partial charge in [-0.3, -0.25) is 0 Å². The van der Waals surface area contributed by atoms with Crippen LogP contribution >= 0.6 is 22.6 Å². The number of aromatic nitrogens is 4. The minimum Gasteiger partial charge on any atom is -0.356 e. The summed E-state index contributed by atoms with van der Waals surface area (Å²) < 4.78 is 7.96. The van der Waals surface area contributed by atoms with Gasteiger partial charge in [0, 0.05) is 15.2 Å². The molecule has 0 spiro atoms. The van der Waals surface area contributed by atoms with Gasteiger partial charge >= 0.3 is 0 Å². The molecule has 0 amide bonds. The van der Waals surface area contributed by atoms with E-state index in [-0.39, 0.29) is 5.82 Å². The zero-order chi connectivity index (χ0) is 13.9. The van der Waals surface area contributed by atoms with E-state index in [1.54, 1.807) is 0 Å². The second kappa shape index (κ2) is 5.42. The lowest BCUT2D eigenvalue weighted by Crippen LogP contribution is -2.04. The summed E-state index contributed by atoms with van der Waals surface area (Å²) in [6.45, 7) is 0.358. The van der Waals surface area contributed by atoms with Crippen molar-refractivity contribution in [2.45, 2.75) is 6.54 Å². The quantitative estimate of drug-likeness (QED) is 0.655. The summed E-state index contributed by atoms with van der Waals surface area (Å²) >= 11 is 2.25. The highest BCUT2D eigenvalue weighted by Gasteiger charge is 2.10. The third kappa shape index (κ3) is 2.55. The minimum atomic E-state index is 0.254. The fraction of sp³-hybridized carbons (Fsp3) is 0.0769. The average molecular weight is 377 g/mol. The summed E-state index contributed by atoms with van der Waals surface area (Å²) in [7, 11) is 0. The first kappa shape index (κ1) is 12.8. The van der Waals surface area contributed by atoms with Crippen LogP contribution in [0.3, 0.4) is 0 Å². The first-order chi connectivity index (χ1) is 9.76. The highest BCUT2D eigenvalue weighted by molar-refractivity contribution is 14.1. The van der Waals surface area contributed by atoms with Crippen LogP contribution in [0.25, 0.3) is 11.3 Å². The first-order valence-corrected chi connectivity index (χ1v) is 6.83. The molecule has 0 saturated heterocycles. The second-order valence-corrected chi connectivity index (χ2v) is 5.29. The molecule has 20 heavy (non-hydrogen) atoms. The van der Waals surface area contributed by atoms with Crippen LogP contribution in [0, 0.1) is 14.9 Å². The number of nitriles is 1. The summed E-state index contributed by atoms with van der Waals surface area (Å²) in [6, 6.07) is 11.8. The van der Waals surface area contributed by atoms with Crippen LogP contribution < -0.4 is 0 Å². The van der Waals surface area contributed by atoms with Gasteiger partial charge in [-0.1, -0.05) is 17.3 Å². The zero-order valence-corrected chi connectivity index (χ0v) is 12.4. The number of benzene rings is 1. The van der Waals surface area contributed by atoms with E-state index in [0.29, 0.717) is 18.0 Å². The molecule has 0 bridgehead atoms. The van der Waals surface area contributed by atoms with Gasteiger partial charge < -0.3 is 4.52 Å². The molecule has 0 aliphatic carbocycles. The lowest BCUT2D eigenvalue weighted by molar-refractivity contribution is 0.419. The van der Waals surface area contributed by atoms with Crippen molar-refractivity contribution in [2.75, 3.05) is 0 Å². The predicted octanol–water partition coefficient (Wildman–Crippen LogP) is 2.46. The number of hydrogen-bond acceptors (Lipinski definition) is 5. The molecule has 98 valence electrons. The van der Waals surface area contributed by atoms with Gasteiger partial charge in [-0.25, -0.2) is 9.67 Å². The number of rotatable bonds is 3. The van der Waals surface area contributed by atoms with Crippen molar-refractivity contribution in [3.63, 3.8) is 0 Å². The summed E-state index contributed by atoms with van der Waals surface area (Å²) in [5.41, 5.74) is 1.66. The maximum atomic E-state index is 8.88. The van der Waals surface area contributed by atoms with E-state index < -0.39 is 0 Å². The van der Waals surface area contributed by atoms with Gasteiger partial charge in [0.1, 0.15) is 18.1 Å². The van der Waals surface area contributed by atoms with Gasteiger partial charge in [0.15, 0.2) is 5.76 Å². The van der Waals surface area contributed by atoms with Gasteiger partial charge in [-0.05, 0) is 34.7 Å². The van der Waals surface area contributed by atoms with Crippen molar-refractivity contribution in [1.29, 1.82) is 5.26 Å². The molecule has 0 fully saturated rings. The molecule has 0 aliphatic heterocycles. The molecule has 0 radical (unpaired) electrons. The van der Waals surface area contributed by atoms with E-state index in [9.17, 15) is 0 Å². The Morgan fingerprint density at radius 2 is 2.10 bits per heavy atom. The van der Waals surface area contributed by atoms with Crippen molar-refractivity contribution in [2.24, 2.45) is 0 Å². The summed E-state index contributed by atoms with van der Waals surface area (Å²) in [6.07, 6.45) is 1.35. The normalized spacial score (nSPS) is 10.4. The molecule has 0 aliphatic rings. The molecular weight excluding hydrogens is 369 g/mol. The van der Waals surface area contributed by atoms with Gasteiger partial charge in [-0.15, -0.1) is 0 Å². The zero-order valence-electron chi connectivity index (χ0n) is 10.2. The van der Waals surface area contributed by atoms with Crippen LogP contribution in [0.4, 0.5) is 0 Å². The largest absolute Gasteiger partial charge is 0.356 e. The minimum absolute atomic E-state index is 0.254. The molecule has 3 aromatic rings. The molecule has 0 N–H and O–H groups in total. The third-order valence-corrected chi connectivity index (χ3v) is 3.43. The lowest BCUT2D eigenvalue weighted by atomic mass is 10.2. The third-order valence-electron chi connectivity index (χ3n) is 2.71. The number of halogens is 1. The van der Waals surface area contributed by atoms with Crippen LogP contribution in [0.1, 0.15) is 11.5 Å². The first-order valence-electron chi connectivity index (χ1n) is 5.76. The maximum Gasteiger partial charge on any atom is 0.231 e. The molecular formula is C13H8IN5O. The SMILES string of the molecule is N#Cc1ncnn1Cc1cc(-c2ccc(I)cc2)on1. The summed E-state index contributed by atoms with van der Waals surface area (Å²) in [4.78, 5) is 3.84. The van der Waals surface area contributed by atoms with E-state index in [4.69, 9.17) is 9.78 Å². The highest BCUT2D eigenvalue weighted by Crippen LogP contribution is 2.21.